The van der Waals surface area contributed by atoms with E-state index in [4.69, 9.17) is 4.74 Å². The van der Waals surface area contributed by atoms with Gasteiger partial charge in [0.05, 0.1) is 23.8 Å². The Morgan fingerprint density at radius 2 is 2.06 bits per heavy atom. The third-order valence-corrected chi connectivity index (χ3v) is 4.46. The van der Waals surface area contributed by atoms with Gasteiger partial charge in [0.15, 0.2) is 0 Å². The topological polar surface area (TPSA) is 43.4 Å². The summed E-state index contributed by atoms with van der Waals surface area (Å²) >= 11 is 0. The molecule has 1 aromatic carbocycles. The zero-order chi connectivity index (χ0) is 13.7. The van der Waals surface area contributed by atoms with Crippen molar-refractivity contribution in [2.24, 2.45) is 0 Å². The van der Waals surface area contributed by atoms with Gasteiger partial charge in [0, 0.05) is 10.1 Å². The largest absolute Gasteiger partial charge is 0.466 e. The first kappa shape index (κ1) is 14.9. The maximum atomic E-state index is 12.3. The van der Waals surface area contributed by atoms with Crippen LogP contribution in [0, 0.1) is 13.8 Å². The average molecular weight is 268 g/mol. The van der Waals surface area contributed by atoms with Crippen LogP contribution in [-0.2, 0) is 20.3 Å². The zero-order valence-electron chi connectivity index (χ0n) is 11.4. The number of aryl methyl sites for hydroxylation is 2. The van der Waals surface area contributed by atoms with E-state index < -0.39 is 10.8 Å². The number of hydrogen-bond donors (Lipinski definition) is 0. The summed E-state index contributed by atoms with van der Waals surface area (Å²) in [4.78, 5) is 12.2. The Kier molecular flexibility index (Phi) is 5.54. The molecule has 0 aliphatic carbocycles. The molecule has 0 N–H and O–H groups in total. The molecule has 0 spiro atoms. The van der Waals surface area contributed by atoms with Crippen molar-refractivity contribution in [1.82, 2.24) is 0 Å². The summed E-state index contributed by atoms with van der Waals surface area (Å²) in [5.41, 5.74) is 2.15. The highest BCUT2D eigenvalue weighted by Gasteiger charge is 2.19. The minimum absolute atomic E-state index is 0.188. The lowest BCUT2D eigenvalue weighted by molar-refractivity contribution is -0.143. The van der Waals surface area contributed by atoms with Crippen molar-refractivity contribution in [3.05, 3.63) is 29.3 Å². The van der Waals surface area contributed by atoms with Crippen molar-refractivity contribution >= 4 is 16.8 Å². The molecule has 18 heavy (non-hydrogen) atoms. The first-order valence-corrected chi connectivity index (χ1v) is 7.30. The number of benzene rings is 1. The highest BCUT2D eigenvalue weighted by Crippen LogP contribution is 2.19. The molecule has 0 bridgehead atoms. The van der Waals surface area contributed by atoms with Gasteiger partial charge in [0.25, 0.3) is 0 Å². The summed E-state index contributed by atoms with van der Waals surface area (Å²) in [6.45, 7) is 7.89. The lowest BCUT2D eigenvalue weighted by atomic mass is 10.2. The Bertz CT molecular complexity index is 454. The van der Waals surface area contributed by atoms with Crippen LogP contribution in [0.15, 0.2) is 23.1 Å². The standard InChI is InChI=1S/C14H20O3S/c1-5-17-14(15)9-12(4)18(16)13-7-6-10(2)8-11(13)3/h6-8,12H,5,9H2,1-4H3. The Balaban J connectivity index is 2.77. The van der Waals surface area contributed by atoms with Crippen molar-refractivity contribution in [2.45, 2.75) is 44.3 Å². The van der Waals surface area contributed by atoms with Crippen molar-refractivity contribution in [1.29, 1.82) is 0 Å². The van der Waals surface area contributed by atoms with E-state index in [1.54, 1.807) is 6.92 Å². The van der Waals surface area contributed by atoms with Crippen LogP contribution in [0.4, 0.5) is 0 Å². The molecule has 100 valence electrons. The van der Waals surface area contributed by atoms with Crippen molar-refractivity contribution < 1.29 is 13.7 Å². The molecule has 0 fully saturated rings. The first-order chi connectivity index (χ1) is 8.45. The SMILES string of the molecule is CCOC(=O)CC(C)S(=O)c1ccc(C)cc1C. The van der Waals surface area contributed by atoms with Gasteiger partial charge in [-0.3, -0.25) is 9.00 Å². The molecule has 0 amide bonds. The predicted octanol–water partition coefficient (Wildman–Crippen LogP) is 2.75. The molecule has 1 rings (SSSR count). The highest BCUT2D eigenvalue weighted by molar-refractivity contribution is 7.85. The smallest absolute Gasteiger partial charge is 0.306 e. The molecule has 0 saturated heterocycles. The third-order valence-electron chi connectivity index (χ3n) is 2.67. The number of carbonyl (C=O) groups excluding carboxylic acids is 1. The lowest BCUT2D eigenvalue weighted by Gasteiger charge is -2.13. The van der Waals surface area contributed by atoms with Crippen LogP contribution in [0.2, 0.25) is 0 Å². The van der Waals surface area contributed by atoms with Crippen LogP contribution in [0.3, 0.4) is 0 Å². The van der Waals surface area contributed by atoms with Gasteiger partial charge < -0.3 is 4.74 Å². The summed E-state index contributed by atoms with van der Waals surface area (Å²) < 4.78 is 17.2. The average Bonchev–Trinajstić information content (AvgIpc) is 2.28. The molecule has 0 aromatic heterocycles. The van der Waals surface area contributed by atoms with E-state index in [1.165, 1.54) is 0 Å². The first-order valence-electron chi connectivity index (χ1n) is 6.09. The maximum absolute atomic E-state index is 12.3. The summed E-state index contributed by atoms with van der Waals surface area (Å²) in [5.74, 6) is -0.289. The number of hydrogen-bond acceptors (Lipinski definition) is 3. The summed E-state index contributed by atoms with van der Waals surface area (Å²) in [7, 11) is -1.17. The van der Waals surface area contributed by atoms with Gasteiger partial charge in [0.1, 0.15) is 0 Å². The van der Waals surface area contributed by atoms with Gasteiger partial charge in [-0.15, -0.1) is 0 Å². The Morgan fingerprint density at radius 1 is 1.39 bits per heavy atom. The van der Waals surface area contributed by atoms with Gasteiger partial charge in [-0.2, -0.15) is 0 Å². The van der Waals surface area contributed by atoms with Crippen LogP contribution in [0.25, 0.3) is 0 Å². The van der Waals surface area contributed by atoms with E-state index in [1.807, 2.05) is 39.0 Å². The second-order valence-corrected chi connectivity index (χ2v) is 6.23. The molecule has 0 saturated carbocycles. The quantitative estimate of drug-likeness (QED) is 0.771. The van der Waals surface area contributed by atoms with E-state index >= 15 is 0 Å². The normalized spacial score (nSPS) is 14.0. The summed E-state index contributed by atoms with van der Waals surface area (Å²) in [6, 6.07) is 5.82. The van der Waals surface area contributed by atoms with Gasteiger partial charge in [-0.1, -0.05) is 17.7 Å². The number of rotatable bonds is 5. The number of carbonyl (C=O) groups is 1. The van der Waals surface area contributed by atoms with Gasteiger partial charge in [0.2, 0.25) is 0 Å². The van der Waals surface area contributed by atoms with E-state index in [-0.39, 0.29) is 17.6 Å². The molecule has 0 radical (unpaired) electrons. The fourth-order valence-corrected chi connectivity index (χ4v) is 3.07. The monoisotopic (exact) mass is 268 g/mol. The van der Waals surface area contributed by atoms with E-state index in [0.717, 1.165) is 16.0 Å². The molecule has 1 aromatic rings. The number of esters is 1. The minimum atomic E-state index is -1.17. The van der Waals surface area contributed by atoms with Crippen molar-refractivity contribution in [2.75, 3.05) is 6.61 Å². The second-order valence-electron chi connectivity index (χ2n) is 4.39. The Labute approximate surface area is 111 Å². The predicted molar refractivity (Wildman–Crippen MR) is 73.0 cm³/mol. The van der Waals surface area contributed by atoms with Crippen LogP contribution in [-0.4, -0.2) is 22.0 Å². The van der Waals surface area contributed by atoms with E-state index in [9.17, 15) is 9.00 Å². The van der Waals surface area contributed by atoms with E-state index in [0.29, 0.717) is 6.61 Å². The second kappa shape index (κ2) is 6.69. The van der Waals surface area contributed by atoms with Crippen molar-refractivity contribution in [3.8, 4) is 0 Å². The fraction of sp³-hybridized carbons (Fsp3) is 0.500. The lowest BCUT2D eigenvalue weighted by Crippen LogP contribution is -2.18. The third kappa shape index (κ3) is 3.95. The van der Waals surface area contributed by atoms with Crippen LogP contribution in [0.1, 0.15) is 31.4 Å². The molecule has 3 nitrogen and oxygen atoms in total. The van der Waals surface area contributed by atoms with Crippen LogP contribution in [0.5, 0.6) is 0 Å². The molecule has 0 heterocycles. The van der Waals surface area contributed by atoms with Crippen LogP contribution < -0.4 is 0 Å². The summed E-state index contributed by atoms with van der Waals surface area (Å²) in [5, 5.41) is -0.231. The molecular weight excluding hydrogens is 248 g/mol. The zero-order valence-corrected chi connectivity index (χ0v) is 12.2. The van der Waals surface area contributed by atoms with Crippen molar-refractivity contribution in [3.63, 3.8) is 0 Å². The fourth-order valence-electron chi connectivity index (χ4n) is 1.77. The Hall–Kier alpha value is -1.16. The Morgan fingerprint density at radius 3 is 2.61 bits per heavy atom. The molecule has 0 aliphatic rings. The number of ether oxygens (including phenoxy) is 1. The minimum Gasteiger partial charge on any atom is -0.466 e. The van der Waals surface area contributed by atoms with E-state index in [2.05, 4.69) is 0 Å². The molecule has 4 heteroatoms. The molecule has 2 unspecified atom stereocenters. The molecular formula is C14H20O3S. The maximum Gasteiger partial charge on any atom is 0.306 e. The summed E-state index contributed by atoms with van der Waals surface area (Å²) in [6.07, 6.45) is 0.188. The molecule has 0 aliphatic heterocycles. The highest BCUT2D eigenvalue weighted by atomic mass is 32.2. The van der Waals surface area contributed by atoms with Gasteiger partial charge >= 0.3 is 5.97 Å². The van der Waals surface area contributed by atoms with Gasteiger partial charge in [-0.25, -0.2) is 0 Å². The van der Waals surface area contributed by atoms with Gasteiger partial charge in [-0.05, 0) is 39.3 Å². The molecule has 2 atom stereocenters. The van der Waals surface area contributed by atoms with Crippen LogP contribution >= 0.6 is 0 Å².